The number of thiophene rings is 1. The SMILES string of the molecule is CCOC(=O)[C@H]1CCCN(C(=O)c2cc(C)c(CC)s2)C1. The van der Waals surface area contributed by atoms with Gasteiger partial charge in [-0.2, -0.15) is 0 Å². The van der Waals surface area contributed by atoms with Crippen LogP contribution in [0, 0.1) is 12.8 Å². The van der Waals surface area contributed by atoms with Gasteiger partial charge >= 0.3 is 5.97 Å². The van der Waals surface area contributed by atoms with E-state index in [1.807, 2.05) is 19.9 Å². The lowest BCUT2D eigenvalue weighted by Crippen LogP contribution is -2.42. The van der Waals surface area contributed by atoms with E-state index in [0.717, 1.165) is 30.7 Å². The van der Waals surface area contributed by atoms with Gasteiger partial charge in [0.2, 0.25) is 0 Å². The molecule has 1 aromatic heterocycles. The highest BCUT2D eigenvalue weighted by Crippen LogP contribution is 2.26. The van der Waals surface area contributed by atoms with Crippen LogP contribution in [-0.2, 0) is 16.0 Å². The fourth-order valence-electron chi connectivity index (χ4n) is 2.75. The molecule has 0 N–H and O–H groups in total. The minimum Gasteiger partial charge on any atom is -0.466 e. The highest BCUT2D eigenvalue weighted by Gasteiger charge is 2.30. The van der Waals surface area contributed by atoms with E-state index < -0.39 is 0 Å². The summed E-state index contributed by atoms with van der Waals surface area (Å²) in [6.07, 6.45) is 2.63. The van der Waals surface area contributed by atoms with Crippen molar-refractivity contribution in [3.05, 3.63) is 21.4 Å². The minimum absolute atomic E-state index is 0.0526. The van der Waals surface area contributed by atoms with E-state index in [-0.39, 0.29) is 17.8 Å². The minimum atomic E-state index is -0.174. The maximum absolute atomic E-state index is 12.6. The monoisotopic (exact) mass is 309 g/mol. The van der Waals surface area contributed by atoms with Crippen molar-refractivity contribution in [1.82, 2.24) is 4.90 Å². The van der Waals surface area contributed by atoms with Gasteiger partial charge in [0.1, 0.15) is 0 Å². The first-order valence-corrected chi connectivity index (χ1v) is 8.43. The lowest BCUT2D eigenvalue weighted by atomic mass is 9.98. The molecule has 1 aliphatic heterocycles. The third kappa shape index (κ3) is 3.64. The Kier molecular flexibility index (Phi) is 5.39. The van der Waals surface area contributed by atoms with Crippen molar-refractivity contribution in [2.24, 2.45) is 5.92 Å². The molecule has 1 atom stereocenters. The molecule has 0 bridgehead atoms. The molecule has 1 fully saturated rings. The Morgan fingerprint density at radius 3 is 2.81 bits per heavy atom. The molecule has 116 valence electrons. The molecule has 1 aromatic rings. The summed E-state index contributed by atoms with van der Waals surface area (Å²) in [6, 6.07) is 1.97. The first-order chi connectivity index (χ1) is 10.1. The van der Waals surface area contributed by atoms with Crippen LogP contribution in [0.5, 0.6) is 0 Å². The summed E-state index contributed by atoms with van der Waals surface area (Å²) in [5.41, 5.74) is 1.19. The summed E-state index contributed by atoms with van der Waals surface area (Å²) in [4.78, 5) is 28.3. The first kappa shape index (κ1) is 16.0. The molecule has 0 radical (unpaired) electrons. The van der Waals surface area contributed by atoms with Crippen molar-refractivity contribution in [2.45, 2.75) is 40.0 Å². The largest absolute Gasteiger partial charge is 0.466 e. The number of nitrogens with zero attached hydrogens (tertiary/aromatic N) is 1. The van der Waals surface area contributed by atoms with E-state index in [1.165, 1.54) is 10.4 Å². The summed E-state index contributed by atoms with van der Waals surface area (Å²) >= 11 is 1.57. The van der Waals surface area contributed by atoms with Gasteiger partial charge in [-0.05, 0) is 44.7 Å². The van der Waals surface area contributed by atoms with E-state index in [2.05, 4.69) is 6.92 Å². The van der Waals surface area contributed by atoms with E-state index in [4.69, 9.17) is 4.74 Å². The van der Waals surface area contributed by atoms with Crippen LogP contribution in [-0.4, -0.2) is 36.5 Å². The highest BCUT2D eigenvalue weighted by atomic mass is 32.1. The number of piperidine rings is 1. The second-order valence-corrected chi connectivity index (χ2v) is 6.55. The standard InChI is InChI=1S/C16H23NO3S/c1-4-13-11(3)9-14(21-13)15(18)17-8-6-7-12(10-17)16(19)20-5-2/h9,12H,4-8,10H2,1-3H3/t12-/m0/s1. The Hall–Kier alpha value is -1.36. The first-order valence-electron chi connectivity index (χ1n) is 7.62. The van der Waals surface area contributed by atoms with E-state index in [9.17, 15) is 9.59 Å². The molecule has 0 aliphatic carbocycles. The zero-order valence-electron chi connectivity index (χ0n) is 13.0. The molecule has 5 heteroatoms. The van der Waals surface area contributed by atoms with Crippen LogP contribution in [0.15, 0.2) is 6.07 Å². The number of hydrogen-bond donors (Lipinski definition) is 0. The van der Waals surface area contributed by atoms with Crippen LogP contribution in [0.1, 0.15) is 46.8 Å². The average Bonchev–Trinajstić information content (AvgIpc) is 2.88. The average molecular weight is 309 g/mol. The Bertz CT molecular complexity index is 524. The number of carbonyl (C=O) groups is 2. The predicted octanol–water partition coefficient (Wildman–Crippen LogP) is 3.03. The van der Waals surface area contributed by atoms with Gasteiger partial charge in [0.15, 0.2) is 0 Å². The quantitative estimate of drug-likeness (QED) is 0.803. The Morgan fingerprint density at radius 1 is 1.43 bits per heavy atom. The molecular weight excluding hydrogens is 286 g/mol. The molecular formula is C16H23NO3S. The molecule has 21 heavy (non-hydrogen) atoms. The molecule has 0 aromatic carbocycles. The van der Waals surface area contributed by atoms with Gasteiger partial charge in [-0.15, -0.1) is 11.3 Å². The van der Waals surface area contributed by atoms with Gasteiger partial charge in [-0.25, -0.2) is 0 Å². The van der Waals surface area contributed by atoms with Crippen molar-refractivity contribution in [3.63, 3.8) is 0 Å². The van der Waals surface area contributed by atoms with Crippen LogP contribution >= 0.6 is 11.3 Å². The summed E-state index contributed by atoms with van der Waals surface area (Å²) in [6.45, 7) is 7.56. The lowest BCUT2D eigenvalue weighted by Gasteiger charge is -2.31. The van der Waals surface area contributed by atoms with Gasteiger partial charge in [0.05, 0.1) is 17.4 Å². The van der Waals surface area contributed by atoms with E-state index in [0.29, 0.717) is 13.2 Å². The molecule has 1 aliphatic rings. The van der Waals surface area contributed by atoms with Crippen molar-refractivity contribution >= 4 is 23.2 Å². The van der Waals surface area contributed by atoms with Gasteiger partial charge in [0, 0.05) is 18.0 Å². The lowest BCUT2D eigenvalue weighted by molar-refractivity contribution is -0.149. The number of esters is 1. The van der Waals surface area contributed by atoms with Crippen molar-refractivity contribution < 1.29 is 14.3 Å². The van der Waals surface area contributed by atoms with Crippen LogP contribution in [0.2, 0.25) is 0 Å². The number of rotatable bonds is 4. The van der Waals surface area contributed by atoms with Gasteiger partial charge in [-0.3, -0.25) is 9.59 Å². The summed E-state index contributed by atoms with van der Waals surface area (Å²) in [5, 5.41) is 0. The second-order valence-electron chi connectivity index (χ2n) is 5.41. The fourth-order valence-corrected chi connectivity index (χ4v) is 3.83. The van der Waals surface area contributed by atoms with Gasteiger partial charge in [0.25, 0.3) is 5.91 Å². The zero-order valence-corrected chi connectivity index (χ0v) is 13.8. The van der Waals surface area contributed by atoms with Crippen LogP contribution in [0.3, 0.4) is 0 Å². The van der Waals surface area contributed by atoms with Crippen LogP contribution in [0.4, 0.5) is 0 Å². The number of hydrogen-bond acceptors (Lipinski definition) is 4. The summed E-state index contributed by atoms with van der Waals surface area (Å²) in [7, 11) is 0. The Labute approximate surface area is 130 Å². The van der Waals surface area contributed by atoms with Crippen molar-refractivity contribution in [3.8, 4) is 0 Å². The Morgan fingerprint density at radius 2 is 2.19 bits per heavy atom. The molecule has 0 saturated carbocycles. The maximum atomic E-state index is 12.6. The van der Waals surface area contributed by atoms with Gasteiger partial charge < -0.3 is 9.64 Å². The molecule has 0 unspecified atom stereocenters. The number of carbonyl (C=O) groups excluding carboxylic acids is 2. The topological polar surface area (TPSA) is 46.6 Å². The molecule has 4 nitrogen and oxygen atoms in total. The highest BCUT2D eigenvalue weighted by molar-refractivity contribution is 7.14. The van der Waals surface area contributed by atoms with Crippen LogP contribution < -0.4 is 0 Å². The summed E-state index contributed by atoms with van der Waals surface area (Å²) < 4.78 is 5.08. The van der Waals surface area contributed by atoms with E-state index >= 15 is 0 Å². The number of aryl methyl sites for hydroxylation is 2. The number of likely N-dealkylation sites (tertiary alicyclic amines) is 1. The molecule has 2 heterocycles. The van der Waals surface area contributed by atoms with E-state index in [1.54, 1.807) is 16.2 Å². The second kappa shape index (κ2) is 7.07. The number of amides is 1. The normalized spacial score (nSPS) is 18.6. The van der Waals surface area contributed by atoms with Crippen molar-refractivity contribution in [2.75, 3.05) is 19.7 Å². The molecule has 1 saturated heterocycles. The maximum Gasteiger partial charge on any atom is 0.310 e. The Balaban J connectivity index is 2.06. The van der Waals surface area contributed by atoms with Gasteiger partial charge in [-0.1, -0.05) is 6.92 Å². The zero-order chi connectivity index (χ0) is 15.4. The smallest absolute Gasteiger partial charge is 0.310 e. The van der Waals surface area contributed by atoms with Crippen molar-refractivity contribution in [1.29, 1.82) is 0 Å². The van der Waals surface area contributed by atoms with Crippen LogP contribution in [0.25, 0.3) is 0 Å². The third-order valence-corrected chi connectivity index (χ3v) is 5.25. The molecule has 0 spiro atoms. The third-order valence-electron chi connectivity index (χ3n) is 3.88. The molecule has 1 amide bonds. The predicted molar refractivity (Wildman–Crippen MR) is 83.7 cm³/mol. The fraction of sp³-hybridized carbons (Fsp3) is 0.625. The summed E-state index contributed by atoms with van der Waals surface area (Å²) in [5.74, 6) is -0.294. The number of ether oxygens (including phenoxy) is 1. The molecule has 2 rings (SSSR count).